The highest BCUT2D eigenvalue weighted by Crippen LogP contribution is 2.24. The number of amides is 2. The molecular weight excluding hydrogens is 350 g/mol. The predicted molar refractivity (Wildman–Crippen MR) is 115 cm³/mol. The Balaban J connectivity index is 1.39. The quantitative estimate of drug-likeness (QED) is 0.728. The number of nitrogens with one attached hydrogen (secondary N) is 1. The van der Waals surface area contributed by atoms with E-state index in [1.807, 2.05) is 11.0 Å². The number of hydrogen-bond donors (Lipinski definition) is 1. The molecule has 1 aromatic rings. The second-order valence-corrected chi connectivity index (χ2v) is 8.10. The summed E-state index contributed by atoms with van der Waals surface area (Å²) in [6, 6.07) is 10.6. The van der Waals surface area contributed by atoms with Crippen LogP contribution < -0.4 is 5.32 Å². The summed E-state index contributed by atoms with van der Waals surface area (Å²) in [6.07, 6.45) is 2.20. The molecule has 6 heteroatoms. The number of likely N-dealkylation sites (N-methyl/N-ethyl adjacent to an activating group) is 2. The zero-order chi connectivity index (χ0) is 19.8. The minimum Gasteiger partial charge on any atom is -0.338 e. The second kappa shape index (κ2) is 10.8. The maximum atomic E-state index is 12.8. The molecule has 1 N–H and O–H groups in total. The van der Waals surface area contributed by atoms with E-state index < -0.39 is 0 Å². The molecule has 1 unspecified atom stereocenters. The minimum absolute atomic E-state index is 0.0820. The van der Waals surface area contributed by atoms with Crippen molar-refractivity contribution in [2.75, 3.05) is 72.5 Å². The number of urea groups is 1. The van der Waals surface area contributed by atoms with Crippen molar-refractivity contribution in [3.63, 3.8) is 0 Å². The third-order valence-corrected chi connectivity index (χ3v) is 6.12. The first-order valence-electron chi connectivity index (χ1n) is 10.9. The van der Waals surface area contributed by atoms with Crippen LogP contribution in [0.25, 0.3) is 0 Å². The number of benzene rings is 1. The monoisotopic (exact) mass is 387 g/mol. The topological polar surface area (TPSA) is 42.1 Å². The molecule has 3 rings (SSSR count). The Labute approximate surface area is 170 Å². The lowest BCUT2D eigenvalue weighted by molar-refractivity contribution is 0.108. The molecule has 2 saturated heterocycles. The third kappa shape index (κ3) is 5.93. The van der Waals surface area contributed by atoms with Gasteiger partial charge in [0.1, 0.15) is 0 Å². The Morgan fingerprint density at radius 1 is 1.00 bits per heavy atom. The van der Waals surface area contributed by atoms with Crippen LogP contribution in [0.3, 0.4) is 0 Å². The van der Waals surface area contributed by atoms with Crippen molar-refractivity contribution in [2.45, 2.75) is 25.8 Å². The first kappa shape index (κ1) is 21.1. The zero-order valence-electron chi connectivity index (χ0n) is 17.6. The maximum absolute atomic E-state index is 12.8. The van der Waals surface area contributed by atoms with Gasteiger partial charge in [-0.2, -0.15) is 0 Å². The van der Waals surface area contributed by atoms with E-state index in [1.165, 1.54) is 31.7 Å². The molecule has 0 radical (unpaired) electrons. The minimum atomic E-state index is 0.0820. The SMILES string of the molecule is CCN1CCN(CCCCNC(=O)N2CCN(C)CC2c2ccccc2)CC1. The standard InChI is InChI=1S/C22H37N5O/c1-3-25-14-16-26(17-15-25)12-8-7-11-23-22(28)27-18-13-24(2)19-21(27)20-9-5-4-6-10-20/h4-6,9-10,21H,3,7-8,11-19H2,1-2H3,(H,23,28). The van der Waals surface area contributed by atoms with Crippen molar-refractivity contribution in [2.24, 2.45) is 0 Å². The summed E-state index contributed by atoms with van der Waals surface area (Å²) in [4.78, 5) is 22.2. The molecule has 2 fully saturated rings. The fourth-order valence-electron chi connectivity index (χ4n) is 4.21. The summed E-state index contributed by atoms with van der Waals surface area (Å²) >= 11 is 0. The van der Waals surface area contributed by atoms with Crippen LogP contribution in [0.1, 0.15) is 31.4 Å². The van der Waals surface area contributed by atoms with Crippen molar-refractivity contribution >= 4 is 6.03 Å². The van der Waals surface area contributed by atoms with Gasteiger partial charge in [0.05, 0.1) is 6.04 Å². The van der Waals surface area contributed by atoms with E-state index in [2.05, 4.69) is 58.3 Å². The number of hydrogen-bond acceptors (Lipinski definition) is 4. The molecule has 0 aromatic heterocycles. The number of nitrogens with zero attached hydrogens (tertiary/aromatic N) is 4. The van der Waals surface area contributed by atoms with E-state index in [9.17, 15) is 4.79 Å². The summed E-state index contributed by atoms with van der Waals surface area (Å²) < 4.78 is 0. The van der Waals surface area contributed by atoms with E-state index in [0.717, 1.165) is 52.1 Å². The van der Waals surface area contributed by atoms with Crippen LogP contribution in [-0.2, 0) is 0 Å². The summed E-state index contributed by atoms with van der Waals surface area (Å²) in [5, 5.41) is 3.16. The van der Waals surface area contributed by atoms with Crippen molar-refractivity contribution < 1.29 is 4.79 Å². The van der Waals surface area contributed by atoms with Gasteiger partial charge in [0.15, 0.2) is 0 Å². The first-order chi connectivity index (χ1) is 13.7. The fraction of sp³-hybridized carbons (Fsp3) is 0.682. The van der Waals surface area contributed by atoms with Crippen LogP contribution >= 0.6 is 0 Å². The average Bonchev–Trinajstić information content (AvgIpc) is 2.74. The highest BCUT2D eigenvalue weighted by atomic mass is 16.2. The molecule has 1 atom stereocenters. The smallest absolute Gasteiger partial charge is 0.318 e. The van der Waals surface area contributed by atoms with Gasteiger partial charge in [-0.1, -0.05) is 37.3 Å². The molecule has 28 heavy (non-hydrogen) atoms. The Morgan fingerprint density at radius 2 is 1.71 bits per heavy atom. The van der Waals surface area contributed by atoms with Gasteiger partial charge in [0.25, 0.3) is 0 Å². The summed E-state index contributed by atoms with van der Waals surface area (Å²) in [5.74, 6) is 0. The fourth-order valence-corrected chi connectivity index (χ4v) is 4.21. The predicted octanol–water partition coefficient (Wildman–Crippen LogP) is 2.10. The largest absolute Gasteiger partial charge is 0.338 e. The lowest BCUT2D eigenvalue weighted by atomic mass is 10.0. The summed E-state index contributed by atoms with van der Waals surface area (Å²) in [5.41, 5.74) is 1.22. The molecule has 0 aliphatic carbocycles. The molecule has 2 aliphatic heterocycles. The summed E-state index contributed by atoms with van der Waals surface area (Å²) in [6.45, 7) is 12.7. The summed E-state index contributed by atoms with van der Waals surface area (Å²) in [7, 11) is 2.13. The van der Waals surface area contributed by atoms with Crippen LogP contribution in [0.5, 0.6) is 0 Å². The Morgan fingerprint density at radius 3 is 2.43 bits per heavy atom. The van der Waals surface area contributed by atoms with E-state index in [-0.39, 0.29) is 12.1 Å². The Kier molecular flexibility index (Phi) is 8.13. The molecule has 0 bridgehead atoms. The van der Waals surface area contributed by atoms with Gasteiger partial charge in [-0.25, -0.2) is 4.79 Å². The van der Waals surface area contributed by atoms with E-state index in [0.29, 0.717) is 0 Å². The van der Waals surface area contributed by atoms with Gasteiger partial charge in [-0.05, 0) is 38.5 Å². The molecule has 0 spiro atoms. The number of carbonyl (C=O) groups is 1. The van der Waals surface area contributed by atoms with E-state index >= 15 is 0 Å². The lowest BCUT2D eigenvalue weighted by Gasteiger charge is -2.40. The maximum Gasteiger partial charge on any atom is 0.318 e. The van der Waals surface area contributed by atoms with Crippen molar-refractivity contribution in [3.8, 4) is 0 Å². The van der Waals surface area contributed by atoms with Gasteiger partial charge < -0.3 is 24.9 Å². The molecule has 2 heterocycles. The number of piperazine rings is 2. The van der Waals surface area contributed by atoms with Crippen molar-refractivity contribution in [3.05, 3.63) is 35.9 Å². The number of unbranched alkanes of at least 4 members (excludes halogenated alkanes) is 1. The van der Waals surface area contributed by atoms with Crippen LogP contribution in [0.4, 0.5) is 4.79 Å². The average molecular weight is 388 g/mol. The molecule has 1 aromatic carbocycles. The molecule has 2 amide bonds. The molecule has 6 nitrogen and oxygen atoms in total. The second-order valence-electron chi connectivity index (χ2n) is 8.10. The molecular formula is C22H37N5O. The van der Waals surface area contributed by atoms with Gasteiger partial charge in [-0.15, -0.1) is 0 Å². The van der Waals surface area contributed by atoms with Crippen LogP contribution in [-0.4, -0.2) is 98.1 Å². The van der Waals surface area contributed by atoms with Gasteiger partial charge in [0, 0.05) is 52.4 Å². The third-order valence-electron chi connectivity index (χ3n) is 6.12. The van der Waals surface area contributed by atoms with Crippen LogP contribution in [0.2, 0.25) is 0 Å². The Bertz CT molecular complexity index is 588. The van der Waals surface area contributed by atoms with Crippen LogP contribution in [0, 0.1) is 0 Å². The van der Waals surface area contributed by atoms with Gasteiger partial charge in [0.2, 0.25) is 0 Å². The van der Waals surface area contributed by atoms with Crippen LogP contribution in [0.15, 0.2) is 30.3 Å². The molecule has 156 valence electrons. The van der Waals surface area contributed by atoms with Gasteiger partial charge in [-0.3, -0.25) is 0 Å². The van der Waals surface area contributed by atoms with Gasteiger partial charge >= 0.3 is 6.03 Å². The highest BCUT2D eigenvalue weighted by Gasteiger charge is 2.29. The normalized spacial score (nSPS) is 22.4. The lowest BCUT2D eigenvalue weighted by Crippen LogP contribution is -2.52. The first-order valence-corrected chi connectivity index (χ1v) is 10.9. The Hall–Kier alpha value is -1.63. The van der Waals surface area contributed by atoms with Crippen molar-refractivity contribution in [1.82, 2.24) is 24.9 Å². The number of rotatable bonds is 7. The number of carbonyl (C=O) groups excluding carboxylic acids is 1. The van der Waals surface area contributed by atoms with E-state index in [1.54, 1.807) is 0 Å². The van der Waals surface area contributed by atoms with E-state index in [4.69, 9.17) is 0 Å². The molecule has 2 aliphatic rings. The highest BCUT2D eigenvalue weighted by molar-refractivity contribution is 5.75. The zero-order valence-corrected chi connectivity index (χ0v) is 17.6. The van der Waals surface area contributed by atoms with Crippen molar-refractivity contribution in [1.29, 1.82) is 0 Å². The molecule has 0 saturated carbocycles.